The second-order valence-electron chi connectivity index (χ2n) is 3.35. The molecular formula is C9H11N3OS. The molecule has 0 fully saturated rings. The average Bonchev–Trinajstić information content (AvgIpc) is 2.61. The molecule has 0 saturated heterocycles. The molecule has 2 rings (SSSR count). The summed E-state index contributed by atoms with van der Waals surface area (Å²) in [6.45, 7) is 2.09. The van der Waals surface area contributed by atoms with E-state index in [-0.39, 0.29) is 0 Å². The number of fused-ring (bicyclic) bond motifs is 1. The highest BCUT2D eigenvalue weighted by atomic mass is 32.1. The number of carbonyl (C=O) groups excluding carboxylic acids is 1. The van der Waals surface area contributed by atoms with E-state index in [1.54, 1.807) is 11.3 Å². The monoisotopic (exact) mass is 209 g/mol. The van der Waals surface area contributed by atoms with E-state index >= 15 is 0 Å². The van der Waals surface area contributed by atoms with Crippen molar-refractivity contribution in [3.8, 4) is 0 Å². The summed E-state index contributed by atoms with van der Waals surface area (Å²) in [5.41, 5.74) is 9.49. The molecule has 14 heavy (non-hydrogen) atoms. The van der Waals surface area contributed by atoms with E-state index in [2.05, 4.69) is 23.5 Å². The Labute approximate surface area is 85.8 Å². The molecule has 2 amide bonds. The summed E-state index contributed by atoms with van der Waals surface area (Å²) in [4.78, 5) is 11.7. The third-order valence-electron chi connectivity index (χ3n) is 2.26. The van der Waals surface area contributed by atoms with Gasteiger partial charge < -0.3 is 5.73 Å². The van der Waals surface area contributed by atoms with Gasteiger partial charge in [-0.1, -0.05) is 6.92 Å². The standard InChI is InChI=1S/C9H11N3OS/c1-5-4-6-2-3-14-8(6)7(5)11-12-9(10)13/h2-3,5H,4H2,1H3,(H3,10,12,13). The zero-order valence-corrected chi connectivity index (χ0v) is 8.60. The minimum Gasteiger partial charge on any atom is -0.350 e. The number of carbonyl (C=O) groups is 1. The maximum Gasteiger partial charge on any atom is 0.332 e. The first kappa shape index (κ1) is 9.21. The molecule has 1 atom stereocenters. The fourth-order valence-corrected chi connectivity index (χ4v) is 2.69. The van der Waals surface area contributed by atoms with Gasteiger partial charge in [0.2, 0.25) is 0 Å². The summed E-state index contributed by atoms with van der Waals surface area (Å²) in [5, 5.41) is 6.06. The lowest BCUT2D eigenvalue weighted by Gasteiger charge is -2.03. The number of amides is 2. The number of hydrogen-bond donors (Lipinski definition) is 2. The van der Waals surface area contributed by atoms with Crippen LogP contribution in [0.3, 0.4) is 0 Å². The van der Waals surface area contributed by atoms with Crippen LogP contribution >= 0.6 is 11.3 Å². The van der Waals surface area contributed by atoms with Crippen LogP contribution in [0.1, 0.15) is 17.4 Å². The van der Waals surface area contributed by atoms with Crippen LogP contribution in [-0.2, 0) is 6.42 Å². The van der Waals surface area contributed by atoms with Crippen LogP contribution in [0.15, 0.2) is 16.5 Å². The van der Waals surface area contributed by atoms with Gasteiger partial charge in [-0.15, -0.1) is 11.3 Å². The Morgan fingerprint density at radius 2 is 2.57 bits per heavy atom. The Morgan fingerprint density at radius 3 is 3.29 bits per heavy atom. The highest BCUT2D eigenvalue weighted by Crippen LogP contribution is 2.31. The Morgan fingerprint density at radius 1 is 1.79 bits per heavy atom. The number of primary amides is 1. The van der Waals surface area contributed by atoms with Crippen molar-refractivity contribution >= 4 is 23.1 Å². The lowest BCUT2D eigenvalue weighted by Crippen LogP contribution is -2.26. The van der Waals surface area contributed by atoms with E-state index in [0.29, 0.717) is 5.92 Å². The molecule has 0 aromatic carbocycles. The van der Waals surface area contributed by atoms with Gasteiger partial charge in [0.05, 0.1) is 10.6 Å². The van der Waals surface area contributed by atoms with Crippen LogP contribution in [0.4, 0.5) is 4.79 Å². The SMILES string of the molecule is CC1Cc2ccsc2C1=NNC(N)=O. The highest BCUT2D eigenvalue weighted by Gasteiger charge is 2.26. The van der Waals surface area contributed by atoms with Gasteiger partial charge in [0.1, 0.15) is 0 Å². The largest absolute Gasteiger partial charge is 0.350 e. The Bertz CT molecular complexity index is 397. The molecule has 1 aliphatic carbocycles. The molecule has 1 aromatic heterocycles. The molecule has 3 N–H and O–H groups in total. The molecule has 0 spiro atoms. The first-order valence-electron chi connectivity index (χ1n) is 4.38. The number of urea groups is 1. The van der Waals surface area contributed by atoms with Crippen molar-refractivity contribution in [2.75, 3.05) is 0 Å². The van der Waals surface area contributed by atoms with E-state index in [4.69, 9.17) is 5.73 Å². The number of nitrogens with two attached hydrogens (primary N) is 1. The van der Waals surface area contributed by atoms with E-state index < -0.39 is 6.03 Å². The van der Waals surface area contributed by atoms with Gasteiger partial charge in [-0.3, -0.25) is 0 Å². The third-order valence-corrected chi connectivity index (χ3v) is 3.24. The average molecular weight is 209 g/mol. The molecule has 0 aliphatic heterocycles. The molecule has 0 radical (unpaired) electrons. The molecule has 1 unspecified atom stereocenters. The van der Waals surface area contributed by atoms with Crippen molar-refractivity contribution in [2.24, 2.45) is 16.8 Å². The van der Waals surface area contributed by atoms with Crippen LogP contribution in [0.5, 0.6) is 0 Å². The van der Waals surface area contributed by atoms with Crippen LogP contribution in [-0.4, -0.2) is 11.7 Å². The summed E-state index contributed by atoms with van der Waals surface area (Å²) in [5.74, 6) is 0.365. The molecule has 1 heterocycles. The molecule has 1 aliphatic rings. The van der Waals surface area contributed by atoms with Crippen LogP contribution in [0.25, 0.3) is 0 Å². The van der Waals surface area contributed by atoms with Gasteiger partial charge >= 0.3 is 6.03 Å². The van der Waals surface area contributed by atoms with Gasteiger partial charge in [-0.05, 0) is 23.4 Å². The zero-order valence-electron chi connectivity index (χ0n) is 7.78. The van der Waals surface area contributed by atoms with Crippen molar-refractivity contribution in [3.63, 3.8) is 0 Å². The minimum atomic E-state index is -0.616. The topological polar surface area (TPSA) is 67.5 Å². The first-order chi connectivity index (χ1) is 6.68. The third kappa shape index (κ3) is 1.50. The number of rotatable bonds is 1. The number of thiophene rings is 1. The van der Waals surface area contributed by atoms with Gasteiger partial charge in [0.25, 0.3) is 0 Å². The maximum atomic E-state index is 10.5. The molecular weight excluding hydrogens is 198 g/mol. The van der Waals surface area contributed by atoms with Crippen molar-refractivity contribution in [3.05, 3.63) is 21.9 Å². The predicted octanol–water partition coefficient (Wildman–Crippen LogP) is 1.31. The summed E-state index contributed by atoms with van der Waals surface area (Å²) in [6, 6.07) is 1.48. The number of nitrogens with zero attached hydrogens (tertiary/aromatic N) is 1. The summed E-state index contributed by atoms with van der Waals surface area (Å²) < 4.78 is 0. The fraction of sp³-hybridized carbons (Fsp3) is 0.333. The molecule has 74 valence electrons. The second kappa shape index (κ2) is 3.42. The minimum absolute atomic E-state index is 0.365. The second-order valence-corrected chi connectivity index (χ2v) is 4.27. The van der Waals surface area contributed by atoms with E-state index in [9.17, 15) is 4.79 Å². The van der Waals surface area contributed by atoms with Crippen molar-refractivity contribution in [1.29, 1.82) is 0 Å². The Kier molecular flexibility index (Phi) is 2.25. The highest BCUT2D eigenvalue weighted by molar-refractivity contribution is 7.12. The van der Waals surface area contributed by atoms with Crippen molar-refractivity contribution in [1.82, 2.24) is 5.43 Å². The number of hydrazone groups is 1. The normalized spacial score (nSPS) is 22.4. The van der Waals surface area contributed by atoms with E-state index in [1.807, 2.05) is 5.38 Å². The van der Waals surface area contributed by atoms with E-state index in [0.717, 1.165) is 12.1 Å². The Hall–Kier alpha value is -1.36. The summed E-state index contributed by atoms with van der Waals surface area (Å²) in [7, 11) is 0. The Balaban J connectivity index is 2.27. The molecule has 4 nitrogen and oxygen atoms in total. The lowest BCUT2D eigenvalue weighted by atomic mass is 10.1. The molecule has 0 bridgehead atoms. The summed E-state index contributed by atoms with van der Waals surface area (Å²) >= 11 is 1.65. The summed E-state index contributed by atoms with van der Waals surface area (Å²) in [6.07, 6.45) is 0.998. The first-order valence-corrected chi connectivity index (χ1v) is 5.26. The smallest absolute Gasteiger partial charge is 0.332 e. The van der Waals surface area contributed by atoms with Gasteiger partial charge in [0, 0.05) is 5.92 Å². The van der Waals surface area contributed by atoms with Crippen molar-refractivity contribution in [2.45, 2.75) is 13.3 Å². The fourth-order valence-electron chi connectivity index (χ4n) is 1.65. The van der Waals surface area contributed by atoms with Crippen LogP contribution < -0.4 is 11.2 Å². The van der Waals surface area contributed by atoms with Crippen LogP contribution in [0, 0.1) is 5.92 Å². The van der Waals surface area contributed by atoms with Gasteiger partial charge in [-0.25, -0.2) is 10.2 Å². The van der Waals surface area contributed by atoms with E-state index in [1.165, 1.54) is 10.4 Å². The number of nitrogens with one attached hydrogen (secondary N) is 1. The van der Waals surface area contributed by atoms with Crippen LogP contribution in [0.2, 0.25) is 0 Å². The quantitative estimate of drug-likeness (QED) is 0.673. The molecule has 1 aromatic rings. The number of hydrogen-bond acceptors (Lipinski definition) is 3. The van der Waals surface area contributed by atoms with Crippen molar-refractivity contribution < 1.29 is 4.79 Å². The zero-order chi connectivity index (χ0) is 10.1. The van der Waals surface area contributed by atoms with Gasteiger partial charge in [-0.2, -0.15) is 5.10 Å². The predicted molar refractivity (Wildman–Crippen MR) is 56.4 cm³/mol. The maximum absolute atomic E-state index is 10.5. The lowest BCUT2D eigenvalue weighted by molar-refractivity contribution is 0.249. The van der Waals surface area contributed by atoms with Gasteiger partial charge in [0.15, 0.2) is 0 Å². The molecule has 5 heteroatoms. The molecule has 0 saturated carbocycles.